The zero-order valence-corrected chi connectivity index (χ0v) is 6.95. The third-order valence-corrected chi connectivity index (χ3v) is 1.11. The van der Waals surface area contributed by atoms with E-state index in [9.17, 15) is 9.59 Å². The highest BCUT2D eigenvalue weighted by Crippen LogP contribution is 1.96. The molecule has 13 heavy (non-hydrogen) atoms. The number of carbonyl (C=O) groups excluding carboxylic acids is 2. The molecule has 0 saturated carbocycles. The zero-order valence-electron chi connectivity index (χ0n) is 6.95. The van der Waals surface area contributed by atoms with Gasteiger partial charge in [0.25, 0.3) is 0 Å². The fourth-order valence-electron chi connectivity index (χ4n) is 0.545. The number of hydrogen-bond acceptors (Lipinski definition) is 5. The minimum Gasteiger partial charge on any atom is -0.393 e. The van der Waals surface area contributed by atoms with Gasteiger partial charge < -0.3 is 4.74 Å². The largest absolute Gasteiger partial charge is 0.393 e. The Balaban J connectivity index is 3.62. The molecule has 5 heteroatoms. The molecule has 0 amide bonds. The Bertz CT molecular complexity index is 244. The first-order valence-electron chi connectivity index (χ1n) is 3.68. The number of hydrogen-bond donors (Lipinski definition) is 0. The highest BCUT2D eigenvalue weighted by Gasteiger charge is 2.08. The van der Waals surface area contributed by atoms with Gasteiger partial charge >= 0.3 is 11.9 Å². The van der Waals surface area contributed by atoms with Crippen molar-refractivity contribution in [2.24, 2.45) is 0 Å². The van der Waals surface area contributed by atoms with E-state index in [-0.39, 0.29) is 25.7 Å². The van der Waals surface area contributed by atoms with Crippen LogP contribution in [0.4, 0.5) is 0 Å². The van der Waals surface area contributed by atoms with Gasteiger partial charge in [-0.2, -0.15) is 10.5 Å². The summed E-state index contributed by atoms with van der Waals surface area (Å²) in [4.78, 5) is 21.4. The molecule has 0 aliphatic rings. The van der Waals surface area contributed by atoms with Crippen LogP contribution in [0.3, 0.4) is 0 Å². The lowest BCUT2D eigenvalue weighted by molar-refractivity contribution is -0.159. The standard InChI is InChI=1S/C8H8N2O3/c9-5-1-3-7(11)13-8(12)4-2-6-10/h1-4H2. The maximum absolute atomic E-state index is 10.7. The lowest BCUT2D eigenvalue weighted by Gasteiger charge is -1.97. The highest BCUT2D eigenvalue weighted by molar-refractivity contribution is 5.85. The van der Waals surface area contributed by atoms with Crippen LogP contribution in [0.5, 0.6) is 0 Å². The third kappa shape index (κ3) is 6.52. The molecule has 0 N–H and O–H groups in total. The summed E-state index contributed by atoms with van der Waals surface area (Å²) in [6.45, 7) is 0. The van der Waals surface area contributed by atoms with Gasteiger partial charge in [0.15, 0.2) is 0 Å². The average molecular weight is 180 g/mol. The number of rotatable bonds is 4. The molecule has 0 fully saturated rings. The van der Waals surface area contributed by atoms with Crippen LogP contribution in [0.15, 0.2) is 0 Å². The van der Waals surface area contributed by atoms with Crippen LogP contribution < -0.4 is 0 Å². The fraction of sp³-hybridized carbons (Fsp3) is 0.500. The van der Waals surface area contributed by atoms with Gasteiger partial charge in [-0.25, -0.2) is 0 Å². The first-order valence-corrected chi connectivity index (χ1v) is 3.68. The molecular weight excluding hydrogens is 172 g/mol. The van der Waals surface area contributed by atoms with Crippen molar-refractivity contribution in [1.29, 1.82) is 10.5 Å². The van der Waals surface area contributed by atoms with Gasteiger partial charge in [-0.15, -0.1) is 0 Å². The molecule has 0 saturated heterocycles. The smallest absolute Gasteiger partial charge is 0.314 e. The van der Waals surface area contributed by atoms with Gasteiger partial charge in [0, 0.05) is 12.8 Å². The number of ether oxygens (including phenoxy) is 1. The first-order chi connectivity index (χ1) is 6.20. The van der Waals surface area contributed by atoms with E-state index in [2.05, 4.69) is 4.74 Å². The van der Waals surface area contributed by atoms with E-state index in [1.54, 1.807) is 12.1 Å². The summed E-state index contributed by atoms with van der Waals surface area (Å²) in [6, 6.07) is 3.50. The molecule has 0 rings (SSSR count). The number of nitriles is 2. The molecule has 0 aliphatic heterocycles. The van der Waals surface area contributed by atoms with E-state index in [1.165, 1.54) is 0 Å². The van der Waals surface area contributed by atoms with Crippen LogP contribution in [0.25, 0.3) is 0 Å². The quantitative estimate of drug-likeness (QED) is 0.468. The van der Waals surface area contributed by atoms with Gasteiger partial charge in [-0.05, 0) is 0 Å². The summed E-state index contributed by atoms with van der Waals surface area (Å²) >= 11 is 0. The van der Waals surface area contributed by atoms with Gasteiger partial charge in [-0.1, -0.05) is 0 Å². The maximum atomic E-state index is 10.7. The number of nitrogens with zero attached hydrogens (tertiary/aromatic N) is 2. The van der Waals surface area contributed by atoms with E-state index in [0.29, 0.717) is 0 Å². The summed E-state index contributed by atoms with van der Waals surface area (Å²) in [5.41, 5.74) is 0. The zero-order chi connectivity index (χ0) is 10.1. The monoisotopic (exact) mass is 180 g/mol. The molecule has 68 valence electrons. The minimum absolute atomic E-state index is 0.0321. The molecule has 0 radical (unpaired) electrons. The molecule has 0 aromatic rings. The van der Waals surface area contributed by atoms with Gasteiger partial charge in [0.05, 0.1) is 25.0 Å². The number of esters is 2. The van der Waals surface area contributed by atoms with E-state index in [4.69, 9.17) is 10.5 Å². The van der Waals surface area contributed by atoms with Crippen molar-refractivity contribution in [2.45, 2.75) is 25.7 Å². The van der Waals surface area contributed by atoms with Crippen molar-refractivity contribution in [3.63, 3.8) is 0 Å². The van der Waals surface area contributed by atoms with E-state index in [1.807, 2.05) is 0 Å². The van der Waals surface area contributed by atoms with E-state index >= 15 is 0 Å². The molecule has 0 spiro atoms. The van der Waals surface area contributed by atoms with Crippen LogP contribution in [-0.4, -0.2) is 11.9 Å². The Morgan fingerprint density at radius 1 is 1.00 bits per heavy atom. The Labute approximate surface area is 75.5 Å². The molecule has 0 atom stereocenters. The molecule has 0 bridgehead atoms. The van der Waals surface area contributed by atoms with Gasteiger partial charge in [-0.3, -0.25) is 9.59 Å². The summed E-state index contributed by atoms with van der Waals surface area (Å²) < 4.78 is 4.27. The van der Waals surface area contributed by atoms with Crippen molar-refractivity contribution in [3.8, 4) is 12.1 Å². The average Bonchev–Trinajstić information content (AvgIpc) is 2.11. The van der Waals surface area contributed by atoms with Crippen molar-refractivity contribution >= 4 is 11.9 Å². The normalized spacial score (nSPS) is 8.15. The maximum Gasteiger partial charge on any atom is 0.314 e. The first kappa shape index (κ1) is 11.1. The summed E-state index contributed by atoms with van der Waals surface area (Å²) in [5, 5.41) is 16.2. The van der Waals surface area contributed by atoms with E-state index < -0.39 is 11.9 Å². The second-order valence-electron chi connectivity index (χ2n) is 2.16. The highest BCUT2D eigenvalue weighted by atomic mass is 16.6. The lowest BCUT2D eigenvalue weighted by Crippen LogP contribution is -2.11. The van der Waals surface area contributed by atoms with Crippen LogP contribution in [-0.2, 0) is 14.3 Å². The van der Waals surface area contributed by atoms with Gasteiger partial charge in [0.1, 0.15) is 0 Å². The Morgan fingerprint density at radius 3 is 1.69 bits per heavy atom. The Hall–Kier alpha value is -1.88. The molecule has 5 nitrogen and oxygen atoms in total. The van der Waals surface area contributed by atoms with E-state index in [0.717, 1.165) is 0 Å². The topological polar surface area (TPSA) is 90.9 Å². The summed E-state index contributed by atoms with van der Waals surface area (Å²) in [7, 11) is 0. The molecular formula is C8H8N2O3. The number of carbonyl (C=O) groups is 2. The van der Waals surface area contributed by atoms with Crippen LogP contribution in [0.1, 0.15) is 25.7 Å². The van der Waals surface area contributed by atoms with Crippen molar-refractivity contribution in [2.75, 3.05) is 0 Å². The Morgan fingerprint density at radius 2 is 1.38 bits per heavy atom. The summed E-state index contributed by atoms with van der Waals surface area (Å²) in [5.74, 6) is -1.44. The van der Waals surface area contributed by atoms with Gasteiger partial charge in [0.2, 0.25) is 0 Å². The molecule has 0 aromatic carbocycles. The SMILES string of the molecule is N#CCCC(=O)OC(=O)CCC#N. The third-order valence-electron chi connectivity index (χ3n) is 1.11. The Kier molecular flexibility index (Phi) is 5.82. The lowest BCUT2D eigenvalue weighted by atomic mass is 10.3. The molecule has 0 heterocycles. The predicted molar refractivity (Wildman–Crippen MR) is 40.8 cm³/mol. The van der Waals surface area contributed by atoms with Crippen molar-refractivity contribution in [3.05, 3.63) is 0 Å². The molecule has 0 unspecified atom stereocenters. The van der Waals surface area contributed by atoms with Crippen LogP contribution in [0, 0.1) is 22.7 Å². The minimum atomic E-state index is -0.718. The predicted octanol–water partition coefficient (Wildman–Crippen LogP) is 0.664. The van der Waals surface area contributed by atoms with Crippen molar-refractivity contribution < 1.29 is 14.3 Å². The molecule has 0 aromatic heterocycles. The summed E-state index contributed by atoms with van der Waals surface area (Å²) in [6.07, 6.45) is -0.113. The second-order valence-corrected chi connectivity index (χ2v) is 2.16. The fourth-order valence-corrected chi connectivity index (χ4v) is 0.545. The van der Waals surface area contributed by atoms with Crippen LogP contribution >= 0.6 is 0 Å². The van der Waals surface area contributed by atoms with Crippen LogP contribution in [0.2, 0.25) is 0 Å². The molecule has 0 aliphatic carbocycles. The van der Waals surface area contributed by atoms with Crippen molar-refractivity contribution in [1.82, 2.24) is 0 Å². The second kappa shape index (κ2) is 6.81.